The van der Waals surface area contributed by atoms with Gasteiger partial charge in [0.1, 0.15) is 11.5 Å². The van der Waals surface area contributed by atoms with Crippen LogP contribution in [0.3, 0.4) is 0 Å². The number of benzene rings is 2. The Labute approximate surface area is 156 Å². The summed E-state index contributed by atoms with van der Waals surface area (Å²) in [5, 5.41) is 11.2. The number of thioether (sulfide) groups is 1. The van der Waals surface area contributed by atoms with Crippen LogP contribution in [0.4, 0.5) is 16.0 Å². The lowest BCUT2D eigenvalue weighted by Gasteiger charge is -2.10. The molecule has 0 saturated carbocycles. The SMILES string of the molecule is Cn1c(Nc2ccc(Br)cc2)nnc(CSc2ccc(F)cc2)c1=O. The van der Waals surface area contributed by atoms with E-state index in [2.05, 4.69) is 31.4 Å². The number of halogens is 2. The highest BCUT2D eigenvalue weighted by molar-refractivity contribution is 9.10. The van der Waals surface area contributed by atoms with Crippen LogP contribution >= 0.6 is 27.7 Å². The lowest BCUT2D eigenvalue weighted by atomic mass is 10.3. The minimum Gasteiger partial charge on any atom is -0.324 e. The summed E-state index contributed by atoms with van der Waals surface area (Å²) in [6.07, 6.45) is 0. The van der Waals surface area contributed by atoms with E-state index in [1.165, 1.54) is 28.5 Å². The van der Waals surface area contributed by atoms with Crippen molar-refractivity contribution in [3.8, 4) is 0 Å². The molecule has 1 N–H and O–H groups in total. The Balaban J connectivity index is 1.74. The van der Waals surface area contributed by atoms with Gasteiger partial charge in [-0.2, -0.15) is 0 Å². The highest BCUT2D eigenvalue weighted by Gasteiger charge is 2.10. The predicted molar refractivity (Wildman–Crippen MR) is 101 cm³/mol. The van der Waals surface area contributed by atoms with Crippen molar-refractivity contribution in [3.63, 3.8) is 0 Å². The molecule has 0 unspecified atom stereocenters. The number of aromatic nitrogens is 3. The third kappa shape index (κ3) is 4.46. The quantitative estimate of drug-likeness (QED) is 0.629. The van der Waals surface area contributed by atoms with Crippen LogP contribution < -0.4 is 10.9 Å². The maximum absolute atomic E-state index is 12.9. The highest BCUT2D eigenvalue weighted by Crippen LogP contribution is 2.21. The minimum atomic E-state index is -0.288. The third-order valence-corrected chi connectivity index (χ3v) is 4.98. The van der Waals surface area contributed by atoms with Crippen LogP contribution in [0.5, 0.6) is 0 Å². The van der Waals surface area contributed by atoms with E-state index in [1.54, 1.807) is 19.2 Å². The Morgan fingerprint density at radius 2 is 1.80 bits per heavy atom. The molecule has 0 radical (unpaired) electrons. The number of nitrogens with zero attached hydrogens (tertiary/aromatic N) is 3. The first-order chi connectivity index (χ1) is 12.0. The smallest absolute Gasteiger partial charge is 0.277 e. The zero-order chi connectivity index (χ0) is 17.8. The second kappa shape index (κ2) is 7.79. The second-order valence-electron chi connectivity index (χ2n) is 5.21. The van der Waals surface area contributed by atoms with Crippen LogP contribution in [-0.2, 0) is 12.8 Å². The largest absolute Gasteiger partial charge is 0.324 e. The lowest BCUT2D eigenvalue weighted by molar-refractivity contribution is 0.626. The maximum Gasteiger partial charge on any atom is 0.277 e. The molecule has 3 aromatic rings. The van der Waals surface area contributed by atoms with E-state index in [4.69, 9.17) is 0 Å². The number of hydrogen-bond donors (Lipinski definition) is 1. The molecule has 0 aliphatic rings. The van der Waals surface area contributed by atoms with Crippen LogP contribution in [-0.4, -0.2) is 14.8 Å². The van der Waals surface area contributed by atoms with E-state index < -0.39 is 0 Å². The molecule has 8 heteroatoms. The Bertz CT molecular complexity index is 929. The molecule has 2 aromatic carbocycles. The van der Waals surface area contributed by atoms with Crippen LogP contribution in [0.2, 0.25) is 0 Å². The number of nitrogens with one attached hydrogen (secondary N) is 1. The molecule has 0 spiro atoms. The molecule has 0 bridgehead atoms. The van der Waals surface area contributed by atoms with Gasteiger partial charge in [-0.1, -0.05) is 15.9 Å². The summed E-state index contributed by atoms with van der Waals surface area (Å²) in [5.74, 6) is 0.440. The molecule has 0 atom stereocenters. The van der Waals surface area contributed by atoms with Gasteiger partial charge in [0.15, 0.2) is 0 Å². The van der Waals surface area contributed by atoms with Gasteiger partial charge >= 0.3 is 0 Å². The molecule has 5 nitrogen and oxygen atoms in total. The molecule has 0 saturated heterocycles. The fourth-order valence-electron chi connectivity index (χ4n) is 2.05. The van der Waals surface area contributed by atoms with Crippen molar-refractivity contribution in [2.75, 3.05) is 5.32 Å². The average molecular weight is 421 g/mol. The van der Waals surface area contributed by atoms with E-state index >= 15 is 0 Å². The third-order valence-electron chi connectivity index (χ3n) is 3.42. The first-order valence-electron chi connectivity index (χ1n) is 7.36. The van der Waals surface area contributed by atoms with E-state index in [0.717, 1.165) is 15.1 Å². The average Bonchev–Trinajstić information content (AvgIpc) is 2.61. The number of hydrogen-bond acceptors (Lipinski definition) is 5. The van der Waals surface area contributed by atoms with E-state index in [-0.39, 0.29) is 11.4 Å². The highest BCUT2D eigenvalue weighted by atomic mass is 79.9. The van der Waals surface area contributed by atoms with Crippen molar-refractivity contribution < 1.29 is 4.39 Å². The van der Waals surface area contributed by atoms with E-state index in [9.17, 15) is 9.18 Å². The Morgan fingerprint density at radius 1 is 1.12 bits per heavy atom. The van der Waals surface area contributed by atoms with Gasteiger partial charge < -0.3 is 5.32 Å². The van der Waals surface area contributed by atoms with Gasteiger partial charge in [-0.25, -0.2) is 4.39 Å². The van der Waals surface area contributed by atoms with Gasteiger partial charge in [0.25, 0.3) is 5.56 Å². The Hall–Kier alpha value is -2.19. The fourth-order valence-corrected chi connectivity index (χ4v) is 3.13. The lowest BCUT2D eigenvalue weighted by Crippen LogP contribution is -2.26. The molecule has 0 amide bonds. The van der Waals surface area contributed by atoms with Crippen LogP contribution in [0.15, 0.2) is 62.7 Å². The van der Waals surface area contributed by atoms with Crippen molar-refractivity contribution in [3.05, 3.63) is 74.9 Å². The Morgan fingerprint density at radius 3 is 2.48 bits per heavy atom. The van der Waals surface area contributed by atoms with Gasteiger partial charge in [0.2, 0.25) is 5.95 Å². The molecular weight excluding hydrogens is 407 g/mol. The molecule has 3 rings (SSSR count). The first kappa shape index (κ1) is 17.6. The van der Waals surface area contributed by atoms with Gasteiger partial charge in [-0.05, 0) is 48.5 Å². The van der Waals surface area contributed by atoms with Crippen molar-refractivity contribution in [1.82, 2.24) is 14.8 Å². The number of rotatable bonds is 5. The van der Waals surface area contributed by atoms with Crippen molar-refractivity contribution in [2.45, 2.75) is 10.6 Å². The molecule has 1 heterocycles. The summed E-state index contributed by atoms with van der Waals surface area (Å²) in [7, 11) is 1.64. The molecule has 1 aromatic heterocycles. The van der Waals surface area contributed by atoms with Gasteiger partial charge in [0, 0.05) is 27.9 Å². The fraction of sp³-hybridized carbons (Fsp3) is 0.118. The predicted octanol–water partition coefficient (Wildman–Crippen LogP) is 4.11. The van der Waals surface area contributed by atoms with Crippen LogP contribution in [0.1, 0.15) is 5.69 Å². The maximum atomic E-state index is 12.9. The molecule has 128 valence electrons. The summed E-state index contributed by atoms with van der Waals surface area (Å²) in [6, 6.07) is 13.6. The molecule has 25 heavy (non-hydrogen) atoms. The summed E-state index contributed by atoms with van der Waals surface area (Å²) in [5.41, 5.74) is 0.934. The summed E-state index contributed by atoms with van der Waals surface area (Å²) < 4.78 is 15.3. The standard InChI is InChI=1S/C17H14BrFN4OS/c1-23-16(24)15(10-25-14-8-4-12(19)5-9-14)21-22-17(23)20-13-6-2-11(18)3-7-13/h2-9H,10H2,1H3,(H,20,22). The van der Waals surface area contributed by atoms with Gasteiger partial charge in [0.05, 0.1) is 0 Å². The molecule has 0 aliphatic carbocycles. The minimum absolute atomic E-state index is 0.218. The van der Waals surface area contributed by atoms with E-state index in [1.807, 2.05) is 24.3 Å². The molecular formula is C17H14BrFN4OS. The normalized spacial score (nSPS) is 10.7. The first-order valence-corrected chi connectivity index (χ1v) is 9.14. The van der Waals surface area contributed by atoms with Gasteiger partial charge in [-0.3, -0.25) is 9.36 Å². The van der Waals surface area contributed by atoms with E-state index in [0.29, 0.717) is 17.4 Å². The monoisotopic (exact) mass is 420 g/mol. The number of anilines is 2. The summed E-state index contributed by atoms with van der Waals surface area (Å²) in [4.78, 5) is 13.3. The molecule has 0 aliphatic heterocycles. The van der Waals surface area contributed by atoms with Crippen LogP contribution in [0.25, 0.3) is 0 Å². The zero-order valence-electron chi connectivity index (χ0n) is 13.2. The van der Waals surface area contributed by atoms with Crippen molar-refractivity contribution in [1.29, 1.82) is 0 Å². The summed E-state index contributed by atoms with van der Waals surface area (Å²) >= 11 is 4.78. The second-order valence-corrected chi connectivity index (χ2v) is 7.17. The van der Waals surface area contributed by atoms with Crippen molar-refractivity contribution >= 4 is 39.3 Å². The zero-order valence-corrected chi connectivity index (χ0v) is 15.6. The van der Waals surface area contributed by atoms with Crippen LogP contribution in [0, 0.1) is 5.82 Å². The molecule has 0 fully saturated rings. The van der Waals surface area contributed by atoms with Crippen molar-refractivity contribution in [2.24, 2.45) is 7.05 Å². The Kier molecular flexibility index (Phi) is 5.50. The van der Waals surface area contributed by atoms with Gasteiger partial charge in [-0.15, -0.1) is 22.0 Å². The summed E-state index contributed by atoms with van der Waals surface area (Å²) in [6.45, 7) is 0. The topological polar surface area (TPSA) is 59.8 Å².